The van der Waals surface area contributed by atoms with Crippen LogP contribution in [0.4, 0.5) is 0 Å². The molecule has 4 nitrogen and oxygen atoms in total. The highest BCUT2D eigenvalue weighted by molar-refractivity contribution is 5.86. The van der Waals surface area contributed by atoms with Crippen LogP contribution in [0, 0.1) is 0 Å². The first-order valence-electron chi connectivity index (χ1n) is 5.55. The smallest absolute Gasteiger partial charge is 0.372 e. The molecule has 0 spiro atoms. The quantitative estimate of drug-likeness (QED) is 0.854. The molecule has 1 N–H and O–H groups in total. The number of aromatic carboxylic acids is 1. The molecule has 0 aliphatic carbocycles. The highest BCUT2D eigenvalue weighted by Gasteiger charge is 2.32. The fourth-order valence-electron chi connectivity index (χ4n) is 2.31. The van der Waals surface area contributed by atoms with Crippen LogP contribution in [0.3, 0.4) is 0 Å². The molecule has 0 unspecified atom stereocenters. The summed E-state index contributed by atoms with van der Waals surface area (Å²) >= 11 is 0. The third-order valence-electron chi connectivity index (χ3n) is 3.37. The summed E-state index contributed by atoms with van der Waals surface area (Å²) in [4.78, 5) is 13.2. The highest BCUT2D eigenvalue weighted by atomic mass is 16.4. The van der Waals surface area contributed by atoms with Crippen molar-refractivity contribution in [1.82, 2.24) is 4.90 Å². The second-order valence-corrected chi connectivity index (χ2v) is 4.92. The lowest BCUT2D eigenvalue weighted by Crippen LogP contribution is -2.37. The van der Waals surface area contributed by atoms with Crippen molar-refractivity contribution in [2.45, 2.75) is 38.8 Å². The van der Waals surface area contributed by atoms with E-state index in [0.29, 0.717) is 6.54 Å². The molecule has 0 atom stereocenters. The van der Waals surface area contributed by atoms with Crippen LogP contribution in [0.25, 0.3) is 0 Å². The largest absolute Gasteiger partial charge is 0.475 e. The van der Waals surface area contributed by atoms with Gasteiger partial charge in [-0.2, -0.15) is 0 Å². The summed E-state index contributed by atoms with van der Waals surface area (Å²) in [6.07, 6.45) is 3.78. The number of carboxylic acid groups (broad SMARTS) is 1. The average molecular weight is 223 g/mol. The fourth-order valence-corrected chi connectivity index (χ4v) is 2.31. The highest BCUT2D eigenvalue weighted by Crippen LogP contribution is 2.30. The monoisotopic (exact) mass is 223 g/mol. The Balaban J connectivity index is 2.15. The van der Waals surface area contributed by atoms with Crippen molar-refractivity contribution < 1.29 is 14.3 Å². The van der Waals surface area contributed by atoms with Crippen LogP contribution in [-0.4, -0.2) is 28.1 Å². The van der Waals surface area contributed by atoms with Crippen LogP contribution >= 0.6 is 0 Å². The summed E-state index contributed by atoms with van der Waals surface area (Å²) in [6, 6.07) is 1.75. The number of nitrogens with zero attached hydrogens (tertiary/aromatic N) is 1. The molecule has 4 heteroatoms. The van der Waals surface area contributed by atoms with Gasteiger partial charge < -0.3 is 9.52 Å². The molecule has 0 amide bonds. The van der Waals surface area contributed by atoms with E-state index in [1.807, 2.05) is 0 Å². The molecular formula is C12H17NO3. The molecule has 0 radical (unpaired) electrons. The molecule has 1 aromatic heterocycles. The zero-order chi connectivity index (χ0) is 11.8. The van der Waals surface area contributed by atoms with Gasteiger partial charge in [0.2, 0.25) is 5.76 Å². The van der Waals surface area contributed by atoms with Crippen LogP contribution in [0.1, 0.15) is 42.8 Å². The number of hydrogen-bond donors (Lipinski definition) is 1. The van der Waals surface area contributed by atoms with Crippen LogP contribution < -0.4 is 0 Å². The third kappa shape index (κ3) is 1.97. The van der Waals surface area contributed by atoms with Gasteiger partial charge in [0, 0.05) is 17.6 Å². The number of carbonyl (C=O) groups is 1. The van der Waals surface area contributed by atoms with Crippen molar-refractivity contribution >= 4 is 5.97 Å². The van der Waals surface area contributed by atoms with Crippen molar-refractivity contribution in [2.24, 2.45) is 0 Å². The zero-order valence-corrected chi connectivity index (χ0v) is 9.69. The maximum atomic E-state index is 10.9. The summed E-state index contributed by atoms with van der Waals surface area (Å²) in [7, 11) is 0. The molecule has 16 heavy (non-hydrogen) atoms. The second kappa shape index (κ2) is 3.94. The standard InChI is InChI=1S/C12H17NO3/c1-12(2)5-3-6-13(12)8-9-4-7-16-10(9)11(14)15/h4,7H,3,5-6,8H2,1-2H3,(H,14,15). The molecule has 2 heterocycles. The van der Waals surface area contributed by atoms with E-state index in [1.165, 1.54) is 12.7 Å². The van der Waals surface area contributed by atoms with E-state index in [4.69, 9.17) is 9.52 Å². The van der Waals surface area contributed by atoms with E-state index < -0.39 is 5.97 Å². The Morgan fingerprint density at radius 2 is 2.38 bits per heavy atom. The van der Waals surface area contributed by atoms with Crippen molar-refractivity contribution in [2.75, 3.05) is 6.54 Å². The van der Waals surface area contributed by atoms with Gasteiger partial charge in [-0.1, -0.05) is 0 Å². The Bertz CT molecular complexity index is 395. The van der Waals surface area contributed by atoms with Crippen molar-refractivity contribution in [3.05, 3.63) is 23.7 Å². The van der Waals surface area contributed by atoms with Crippen LogP contribution in [0.2, 0.25) is 0 Å². The van der Waals surface area contributed by atoms with E-state index >= 15 is 0 Å². The molecule has 1 fully saturated rings. The second-order valence-electron chi connectivity index (χ2n) is 4.92. The van der Waals surface area contributed by atoms with Gasteiger partial charge in [-0.25, -0.2) is 4.79 Å². The first-order chi connectivity index (χ1) is 7.50. The van der Waals surface area contributed by atoms with E-state index in [9.17, 15) is 4.79 Å². The van der Waals surface area contributed by atoms with Crippen molar-refractivity contribution in [1.29, 1.82) is 0 Å². The lowest BCUT2D eigenvalue weighted by Gasteiger charge is -2.31. The lowest BCUT2D eigenvalue weighted by molar-refractivity contribution is 0.0657. The maximum Gasteiger partial charge on any atom is 0.372 e. The molecular weight excluding hydrogens is 206 g/mol. The predicted octanol–water partition coefficient (Wildman–Crippen LogP) is 2.35. The molecule has 0 aromatic carbocycles. The van der Waals surface area contributed by atoms with E-state index in [0.717, 1.165) is 18.5 Å². The van der Waals surface area contributed by atoms with Gasteiger partial charge in [0.15, 0.2) is 0 Å². The Hall–Kier alpha value is -1.29. The zero-order valence-electron chi connectivity index (χ0n) is 9.69. The first kappa shape index (κ1) is 11.2. The Morgan fingerprint density at radius 1 is 1.62 bits per heavy atom. The topological polar surface area (TPSA) is 53.7 Å². The van der Waals surface area contributed by atoms with Gasteiger partial charge >= 0.3 is 5.97 Å². The van der Waals surface area contributed by atoms with Gasteiger partial charge in [0.1, 0.15) is 0 Å². The molecule has 1 aliphatic rings. The molecule has 88 valence electrons. The van der Waals surface area contributed by atoms with E-state index in [2.05, 4.69) is 18.7 Å². The van der Waals surface area contributed by atoms with Crippen LogP contribution in [0.15, 0.2) is 16.7 Å². The van der Waals surface area contributed by atoms with E-state index in [-0.39, 0.29) is 11.3 Å². The summed E-state index contributed by atoms with van der Waals surface area (Å²) in [6.45, 7) is 6.07. The number of likely N-dealkylation sites (tertiary alicyclic amines) is 1. The molecule has 1 aromatic rings. The minimum atomic E-state index is -0.989. The summed E-state index contributed by atoms with van der Waals surface area (Å²) in [5.41, 5.74) is 0.926. The number of rotatable bonds is 3. The minimum absolute atomic E-state index is 0.0719. The van der Waals surface area contributed by atoms with Crippen LogP contribution in [0.5, 0.6) is 0 Å². The van der Waals surface area contributed by atoms with Crippen molar-refractivity contribution in [3.8, 4) is 0 Å². The number of furan rings is 1. The third-order valence-corrected chi connectivity index (χ3v) is 3.37. The fraction of sp³-hybridized carbons (Fsp3) is 0.583. The summed E-state index contributed by atoms with van der Waals surface area (Å²) in [5.74, 6) is -0.917. The molecule has 0 saturated carbocycles. The SMILES string of the molecule is CC1(C)CCCN1Cc1ccoc1C(=O)O. The minimum Gasteiger partial charge on any atom is -0.475 e. The van der Waals surface area contributed by atoms with Gasteiger partial charge in [-0.05, 0) is 39.3 Å². The average Bonchev–Trinajstić information content (AvgIpc) is 2.74. The Kier molecular flexibility index (Phi) is 2.76. The summed E-state index contributed by atoms with van der Waals surface area (Å²) in [5, 5.41) is 8.95. The predicted molar refractivity (Wildman–Crippen MR) is 59.4 cm³/mol. The number of carboxylic acids is 1. The van der Waals surface area contributed by atoms with Crippen LogP contribution in [-0.2, 0) is 6.54 Å². The molecule has 1 aliphatic heterocycles. The van der Waals surface area contributed by atoms with Gasteiger partial charge in [0.05, 0.1) is 6.26 Å². The maximum absolute atomic E-state index is 10.9. The Morgan fingerprint density at radius 3 is 2.94 bits per heavy atom. The lowest BCUT2D eigenvalue weighted by atomic mass is 10.0. The van der Waals surface area contributed by atoms with Gasteiger partial charge in [-0.3, -0.25) is 4.90 Å². The van der Waals surface area contributed by atoms with Gasteiger partial charge in [-0.15, -0.1) is 0 Å². The normalized spacial score (nSPS) is 20.1. The summed E-state index contributed by atoms with van der Waals surface area (Å²) < 4.78 is 4.98. The van der Waals surface area contributed by atoms with E-state index in [1.54, 1.807) is 6.07 Å². The first-order valence-corrected chi connectivity index (χ1v) is 5.55. The van der Waals surface area contributed by atoms with Crippen molar-refractivity contribution in [3.63, 3.8) is 0 Å². The molecule has 1 saturated heterocycles. The Labute approximate surface area is 94.9 Å². The molecule has 0 bridgehead atoms. The number of hydrogen-bond acceptors (Lipinski definition) is 3. The molecule has 2 rings (SSSR count). The van der Waals surface area contributed by atoms with Gasteiger partial charge in [0.25, 0.3) is 0 Å².